The Balaban J connectivity index is 2.03. The molecule has 0 aromatic heterocycles. The van der Waals surface area contributed by atoms with Gasteiger partial charge in [-0.1, -0.05) is 38.1 Å². The summed E-state index contributed by atoms with van der Waals surface area (Å²) in [5.41, 5.74) is -0.929. The standard InChI is InChI=1S/C24H25BrN2O8S/c1-14(2)19(26-20(28)15-10-6-7-11-16(15)21(26)29)22(30)35-27(23(31)34-24(3,4)5)36(32,33)18-13-9-8-12-17(18)25/h6-14,19H,1-5H3/t19-/m0/s1. The van der Waals surface area contributed by atoms with Gasteiger partial charge in [0, 0.05) is 4.47 Å². The van der Waals surface area contributed by atoms with E-state index < -0.39 is 51.5 Å². The fourth-order valence-electron chi connectivity index (χ4n) is 3.50. The van der Waals surface area contributed by atoms with E-state index in [1.165, 1.54) is 51.1 Å². The molecule has 0 fully saturated rings. The van der Waals surface area contributed by atoms with Crippen molar-refractivity contribution >= 4 is 49.8 Å². The molecule has 2 aromatic carbocycles. The van der Waals surface area contributed by atoms with E-state index in [0.717, 1.165) is 4.90 Å². The second-order valence-electron chi connectivity index (χ2n) is 9.27. The molecule has 2 aromatic rings. The van der Waals surface area contributed by atoms with Crippen molar-refractivity contribution in [2.24, 2.45) is 5.92 Å². The third-order valence-electron chi connectivity index (χ3n) is 5.02. The van der Waals surface area contributed by atoms with Crippen LogP contribution in [0.2, 0.25) is 0 Å². The van der Waals surface area contributed by atoms with Gasteiger partial charge in [0.15, 0.2) is 0 Å². The second-order valence-corrected chi connectivity index (χ2v) is 11.8. The maximum atomic E-state index is 13.4. The lowest BCUT2D eigenvalue weighted by atomic mass is 10.0. The predicted molar refractivity (Wildman–Crippen MR) is 131 cm³/mol. The van der Waals surface area contributed by atoms with Crippen LogP contribution >= 0.6 is 15.9 Å². The smallest absolute Gasteiger partial charge is 0.441 e. The van der Waals surface area contributed by atoms with E-state index in [1.54, 1.807) is 32.0 Å². The van der Waals surface area contributed by atoms with Crippen LogP contribution in [0.25, 0.3) is 0 Å². The zero-order valence-corrected chi connectivity index (χ0v) is 22.6. The molecule has 0 aliphatic carbocycles. The highest BCUT2D eigenvalue weighted by Crippen LogP contribution is 2.30. The van der Waals surface area contributed by atoms with E-state index in [0.29, 0.717) is 0 Å². The van der Waals surface area contributed by atoms with Crippen molar-refractivity contribution in [2.45, 2.75) is 51.2 Å². The molecule has 0 N–H and O–H groups in total. The number of amides is 3. The highest BCUT2D eigenvalue weighted by molar-refractivity contribution is 9.10. The van der Waals surface area contributed by atoms with Crippen LogP contribution < -0.4 is 0 Å². The lowest BCUT2D eigenvalue weighted by Gasteiger charge is -2.30. The number of halogens is 1. The Bertz CT molecular complexity index is 1300. The molecule has 0 saturated heterocycles. The summed E-state index contributed by atoms with van der Waals surface area (Å²) in [5.74, 6) is -3.46. The highest BCUT2D eigenvalue weighted by Gasteiger charge is 2.47. The highest BCUT2D eigenvalue weighted by atomic mass is 79.9. The summed E-state index contributed by atoms with van der Waals surface area (Å²) in [7, 11) is -4.78. The average Bonchev–Trinajstić information content (AvgIpc) is 3.01. The van der Waals surface area contributed by atoms with E-state index in [1.807, 2.05) is 0 Å². The van der Waals surface area contributed by atoms with E-state index in [-0.39, 0.29) is 25.0 Å². The van der Waals surface area contributed by atoms with E-state index in [4.69, 9.17) is 9.57 Å². The number of sulfonamides is 1. The molecule has 3 amide bonds. The van der Waals surface area contributed by atoms with Crippen LogP contribution in [0.1, 0.15) is 55.3 Å². The normalized spacial score (nSPS) is 14.5. The van der Waals surface area contributed by atoms with Crippen molar-refractivity contribution < 1.29 is 37.2 Å². The third-order valence-corrected chi connectivity index (χ3v) is 7.55. The van der Waals surface area contributed by atoms with Gasteiger partial charge in [0.05, 0.1) is 11.1 Å². The van der Waals surface area contributed by atoms with Crippen LogP contribution in [0, 0.1) is 5.92 Å². The van der Waals surface area contributed by atoms with Gasteiger partial charge in [-0.2, -0.15) is 8.42 Å². The van der Waals surface area contributed by atoms with Crippen LogP contribution in [0.5, 0.6) is 0 Å². The predicted octanol–water partition coefficient (Wildman–Crippen LogP) is 4.15. The Hall–Kier alpha value is -3.25. The number of hydrogen-bond donors (Lipinski definition) is 0. The monoisotopic (exact) mass is 580 g/mol. The topological polar surface area (TPSA) is 127 Å². The number of carbonyl (C=O) groups excluding carboxylic acids is 4. The summed E-state index contributed by atoms with van der Waals surface area (Å²) in [6.07, 6.45) is -1.48. The summed E-state index contributed by atoms with van der Waals surface area (Å²) in [4.78, 5) is 57.8. The lowest BCUT2D eigenvalue weighted by Crippen LogP contribution is -2.52. The molecular formula is C24H25BrN2O8S. The van der Waals surface area contributed by atoms with Crippen LogP contribution in [0.15, 0.2) is 57.9 Å². The van der Waals surface area contributed by atoms with Crippen LogP contribution in [-0.4, -0.2) is 53.3 Å². The summed E-state index contributed by atoms with van der Waals surface area (Å²) >= 11 is 3.12. The van der Waals surface area contributed by atoms with Crippen molar-refractivity contribution in [2.75, 3.05) is 0 Å². The number of imide groups is 1. The molecule has 1 aliphatic rings. The first kappa shape index (κ1) is 27.3. The Morgan fingerprint density at radius 1 is 0.944 bits per heavy atom. The molecule has 0 spiro atoms. The first-order chi connectivity index (χ1) is 16.7. The van der Waals surface area contributed by atoms with Crippen molar-refractivity contribution in [3.8, 4) is 0 Å². The quantitative estimate of drug-likeness (QED) is 0.381. The molecule has 1 aliphatic heterocycles. The molecule has 12 heteroatoms. The minimum absolute atomic E-state index is 0.103. The number of rotatable bonds is 5. The molecule has 192 valence electrons. The number of hydroxylamine groups is 1. The molecular weight excluding hydrogens is 556 g/mol. The van der Waals surface area contributed by atoms with Gasteiger partial charge in [-0.3, -0.25) is 14.5 Å². The molecule has 0 bridgehead atoms. The summed E-state index contributed by atoms with van der Waals surface area (Å²) < 4.78 is 31.9. The third kappa shape index (κ3) is 5.29. The van der Waals surface area contributed by atoms with E-state index in [9.17, 15) is 27.6 Å². The maximum absolute atomic E-state index is 13.4. The molecule has 36 heavy (non-hydrogen) atoms. The van der Waals surface area contributed by atoms with Crippen LogP contribution in [-0.2, 0) is 24.4 Å². The second kappa shape index (κ2) is 10.0. The van der Waals surface area contributed by atoms with Gasteiger partial charge in [0.25, 0.3) is 11.8 Å². The number of benzene rings is 2. The Labute approximate surface area is 217 Å². The number of carbonyl (C=O) groups is 4. The average molecular weight is 581 g/mol. The zero-order chi connectivity index (χ0) is 27.0. The van der Waals surface area contributed by atoms with Gasteiger partial charge in [0.1, 0.15) is 16.5 Å². The molecule has 1 heterocycles. The Kier molecular flexibility index (Phi) is 7.61. The number of ether oxygens (including phenoxy) is 1. The molecule has 0 radical (unpaired) electrons. The first-order valence-electron chi connectivity index (χ1n) is 10.9. The van der Waals surface area contributed by atoms with Crippen molar-refractivity contribution in [3.05, 3.63) is 64.1 Å². The zero-order valence-electron chi connectivity index (χ0n) is 20.2. The fraction of sp³-hybridized carbons (Fsp3) is 0.333. The molecule has 0 saturated carbocycles. The number of nitrogens with zero attached hydrogens (tertiary/aromatic N) is 2. The van der Waals surface area contributed by atoms with E-state index in [2.05, 4.69) is 15.9 Å². The van der Waals surface area contributed by atoms with Gasteiger partial charge in [-0.15, -0.1) is 0 Å². The number of fused-ring (bicyclic) bond motifs is 1. The first-order valence-corrected chi connectivity index (χ1v) is 13.1. The van der Waals surface area contributed by atoms with Crippen molar-refractivity contribution in [1.29, 1.82) is 0 Å². The van der Waals surface area contributed by atoms with Crippen LogP contribution in [0.3, 0.4) is 0 Å². The van der Waals surface area contributed by atoms with Gasteiger partial charge in [-0.25, -0.2) is 9.59 Å². The van der Waals surface area contributed by atoms with Gasteiger partial charge < -0.3 is 9.57 Å². The molecule has 1 atom stereocenters. The largest absolute Gasteiger partial charge is 0.459 e. The maximum Gasteiger partial charge on any atom is 0.459 e. The minimum Gasteiger partial charge on any atom is -0.441 e. The van der Waals surface area contributed by atoms with Gasteiger partial charge >= 0.3 is 22.1 Å². The van der Waals surface area contributed by atoms with Crippen LogP contribution in [0.4, 0.5) is 4.79 Å². The fourth-order valence-corrected chi connectivity index (χ4v) is 5.55. The Morgan fingerprint density at radius 3 is 1.92 bits per heavy atom. The summed E-state index contributed by atoms with van der Waals surface area (Å²) in [6, 6.07) is 10.1. The summed E-state index contributed by atoms with van der Waals surface area (Å²) in [6.45, 7) is 7.62. The molecule has 0 unspecified atom stereocenters. The SMILES string of the molecule is CC(C)[C@@H](C(=O)ON(C(=O)OC(C)(C)C)S(=O)(=O)c1ccccc1Br)N1C(=O)c2ccccc2C1=O. The Morgan fingerprint density at radius 2 is 1.44 bits per heavy atom. The molecule has 3 rings (SSSR count). The molecule has 10 nitrogen and oxygen atoms in total. The van der Waals surface area contributed by atoms with Gasteiger partial charge in [-0.05, 0) is 71.4 Å². The van der Waals surface area contributed by atoms with Crippen molar-refractivity contribution in [1.82, 2.24) is 9.37 Å². The van der Waals surface area contributed by atoms with Gasteiger partial charge in [0.2, 0.25) is 0 Å². The number of hydrogen-bond acceptors (Lipinski definition) is 8. The lowest BCUT2D eigenvalue weighted by molar-refractivity contribution is -0.173. The van der Waals surface area contributed by atoms with Crippen molar-refractivity contribution in [3.63, 3.8) is 0 Å². The minimum atomic E-state index is -4.78. The van der Waals surface area contributed by atoms with E-state index >= 15 is 0 Å². The summed E-state index contributed by atoms with van der Waals surface area (Å²) in [5, 5.41) is 0.